The van der Waals surface area contributed by atoms with Gasteiger partial charge in [-0.2, -0.15) is 0 Å². The summed E-state index contributed by atoms with van der Waals surface area (Å²) in [4.78, 5) is 0. The minimum Gasteiger partial charge on any atom is -0.497 e. The summed E-state index contributed by atoms with van der Waals surface area (Å²) in [5.41, 5.74) is 0. The van der Waals surface area contributed by atoms with E-state index in [0.29, 0.717) is 5.92 Å². The van der Waals surface area contributed by atoms with Gasteiger partial charge in [0.25, 0.3) is 0 Å². The third kappa shape index (κ3) is 6.48. The van der Waals surface area contributed by atoms with Crippen molar-refractivity contribution in [2.45, 2.75) is 26.7 Å². The standard InChI is InChI=1S/C16H27NO2/c1-13(2)11-14(12-17-3)9-10-19-16-7-5-15(18-4)6-8-16/h5-8,13-14,17H,9-12H2,1-4H3. The van der Waals surface area contributed by atoms with Gasteiger partial charge in [0, 0.05) is 0 Å². The number of rotatable bonds is 9. The largest absolute Gasteiger partial charge is 0.497 e. The molecule has 0 amide bonds. The Labute approximate surface area is 117 Å². The van der Waals surface area contributed by atoms with E-state index in [0.717, 1.165) is 37.0 Å². The van der Waals surface area contributed by atoms with Crippen LogP contribution >= 0.6 is 0 Å². The lowest BCUT2D eigenvalue weighted by molar-refractivity contribution is 0.259. The van der Waals surface area contributed by atoms with Gasteiger partial charge in [-0.15, -0.1) is 0 Å². The van der Waals surface area contributed by atoms with Crippen LogP contribution in [0, 0.1) is 11.8 Å². The van der Waals surface area contributed by atoms with Crippen molar-refractivity contribution in [3.8, 4) is 11.5 Å². The topological polar surface area (TPSA) is 30.5 Å². The van der Waals surface area contributed by atoms with Gasteiger partial charge in [0.1, 0.15) is 11.5 Å². The lowest BCUT2D eigenvalue weighted by Gasteiger charge is -2.18. The fraction of sp³-hybridized carbons (Fsp3) is 0.625. The van der Waals surface area contributed by atoms with Crippen LogP contribution in [0.15, 0.2) is 24.3 Å². The van der Waals surface area contributed by atoms with Crippen molar-refractivity contribution in [3.63, 3.8) is 0 Å². The van der Waals surface area contributed by atoms with Gasteiger partial charge in [0.05, 0.1) is 13.7 Å². The molecule has 0 saturated carbocycles. The van der Waals surface area contributed by atoms with Gasteiger partial charge >= 0.3 is 0 Å². The molecule has 3 heteroatoms. The number of benzene rings is 1. The molecule has 0 spiro atoms. The Bertz CT molecular complexity index is 335. The van der Waals surface area contributed by atoms with Gasteiger partial charge in [0.2, 0.25) is 0 Å². The summed E-state index contributed by atoms with van der Waals surface area (Å²) in [6, 6.07) is 7.76. The molecule has 1 unspecified atom stereocenters. The normalized spacial score (nSPS) is 12.5. The minimum atomic E-state index is 0.684. The van der Waals surface area contributed by atoms with E-state index in [-0.39, 0.29) is 0 Å². The van der Waals surface area contributed by atoms with Crippen LogP contribution in [0.3, 0.4) is 0 Å². The van der Waals surface area contributed by atoms with Gasteiger partial charge in [-0.1, -0.05) is 13.8 Å². The predicted molar refractivity (Wildman–Crippen MR) is 80.0 cm³/mol. The molecule has 1 rings (SSSR count). The lowest BCUT2D eigenvalue weighted by Crippen LogP contribution is -2.22. The van der Waals surface area contributed by atoms with Gasteiger partial charge in [0.15, 0.2) is 0 Å². The highest BCUT2D eigenvalue weighted by Crippen LogP contribution is 2.19. The Morgan fingerprint density at radius 1 is 1.11 bits per heavy atom. The molecule has 1 aromatic carbocycles. The number of hydrogen-bond donors (Lipinski definition) is 1. The van der Waals surface area contributed by atoms with E-state index in [4.69, 9.17) is 9.47 Å². The summed E-state index contributed by atoms with van der Waals surface area (Å²) >= 11 is 0. The van der Waals surface area contributed by atoms with Crippen molar-refractivity contribution in [1.82, 2.24) is 5.32 Å². The van der Waals surface area contributed by atoms with Crippen LogP contribution in [0.25, 0.3) is 0 Å². The molecule has 1 aromatic rings. The Kier molecular flexibility index (Phi) is 7.34. The van der Waals surface area contributed by atoms with Gasteiger partial charge < -0.3 is 14.8 Å². The van der Waals surface area contributed by atoms with Crippen LogP contribution in [-0.4, -0.2) is 27.3 Å². The summed E-state index contributed by atoms with van der Waals surface area (Å²) in [6.07, 6.45) is 2.33. The smallest absolute Gasteiger partial charge is 0.119 e. The third-order valence-electron chi connectivity index (χ3n) is 3.15. The first-order valence-electron chi connectivity index (χ1n) is 7.07. The molecule has 0 bridgehead atoms. The van der Waals surface area contributed by atoms with E-state index in [1.54, 1.807) is 7.11 Å². The van der Waals surface area contributed by atoms with E-state index in [2.05, 4.69) is 19.2 Å². The SMILES string of the molecule is CNCC(CCOc1ccc(OC)cc1)CC(C)C. The summed E-state index contributed by atoms with van der Waals surface area (Å²) in [6.45, 7) is 6.37. The maximum absolute atomic E-state index is 5.78. The third-order valence-corrected chi connectivity index (χ3v) is 3.15. The first-order valence-corrected chi connectivity index (χ1v) is 7.07. The van der Waals surface area contributed by atoms with E-state index in [1.165, 1.54) is 6.42 Å². The van der Waals surface area contributed by atoms with E-state index < -0.39 is 0 Å². The van der Waals surface area contributed by atoms with Crippen molar-refractivity contribution in [3.05, 3.63) is 24.3 Å². The lowest BCUT2D eigenvalue weighted by atomic mass is 9.94. The van der Waals surface area contributed by atoms with Crippen molar-refractivity contribution in [2.75, 3.05) is 27.3 Å². The fourth-order valence-electron chi connectivity index (χ4n) is 2.27. The molecule has 1 N–H and O–H groups in total. The van der Waals surface area contributed by atoms with Crippen molar-refractivity contribution < 1.29 is 9.47 Å². The van der Waals surface area contributed by atoms with Crippen molar-refractivity contribution in [1.29, 1.82) is 0 Å². The van der Waals surface area contributed by atoms with E-state index >= 15 is 0 Å². The second kappa shape index (κ2) is 8.81. The quantitative estimate of drug-likeness (QED) is 0.743. The highest BCUT2D eigenvalue weighted by Gasteiger charge is 2.10. The highest BCUT2D eigenvalue weighted by molar-refractivity contribution is 5.31. The van der Waals surface area contributed by atoms with E-state index in [9.17, 15) is 0 Å². The molecule has 0 radical (unpaired) electrons. The Morgan fingerprint density at radius 3 is 2.26 bits per heavy atom. The summed E-state index contributed by atoms with van der Waals surface area (Å²) in [5, 5.41) is 3.26. The van der Waals surface area contributed by atoms with Gasteiger partial charge in [-0.3, -0.25) is 0 Å². The molecule has 0 heterocycles. The van der Waals surface area contributed by atoms with Crippen LogP contribution in [0.1, 0.15) is 26.7 Å². The molecule has 0 aliphatic rings. The van der Waals surface area contributed by atoms with Crippen molar-refractivity contribution in [2.24, 2.45) is 11.8 Å². The highest BCUT2D eigenvalue weighted by atomic mass is 16.5. The maximum Gasteiger partial charge on any atom is 0.119 e. The molecule has 0 aromatic heterocycles. The number of nitrogens with one attached hydrogen (secondary N) is 1. The Hall–Kier alpha value is -1.22. The molecule has 0 fully saturated rings. The first-order chi connectivity index (χ1) is 9.15. The summed E-state index contributed by atoms with van der Waals surface area (Å²) in [7, 11) is 3.68. The average Bonchev–Trinajstić information content (AvgIpc) is 2.39. The monoisotopic (exact) mass is 265 g/mol. The first kappa shape index (κ1) is 15.8. The second-order valence-electron chi connectivity index (χ2n) is 5.37. The molecule has 0 aliphatic carbocycles. The fourth-order valence-corrected chi connectivity index (χ4v) is 2.27. The zero-order valence-corrected chi connectivity index (χ0v) is 12.6. The van der Waals surface area contributed by atoms with Gasteiger partial charge in [-0.05, 0) is 62.5 Å². The van der Waals surface area contributed by atoms with E-state index in [1.807, 2.05) is 31.3 Å². The summed E-state index contributed by atoms with van der Waals surface area (Å²) < 4.78 is 10.9. The van der Waals surface area contributed by atoms with Crippen LogP contribution < -0.4 is 14.8 Å². The zero-order valence-electron chi connectivity index (χ0n) is 12.6. The maximum atomic E-state index is 5.78. The second-order valence-corrected chi connectivity index (χ2v) is 5.37. The number of ether oxygens (including phenoxy) is 2. The molecular formula is C16H27NO2. The number of hydrogen-bond acceptors (Lipinski definition) is 3. The molecule has 0 saturated heterocycles. The molecular weight excluding hydrogens is 238 g/mol. The van der Waals surface area contributed by atoms with Crippen LogP contribution in [0.2, 0.25) is 0 Å². The predicted octanol–water partition coefficient (Wildman–Crippen LogP) is 3.35. The molecule has 0 aliphatic heterocycles. The Balaban J connectivity index is 2.33. The molecule has 19 heavy (non-hydrogen) atoms. The van der Waals surface area contributed by atoms with Crippen LogP contribution in [0.5, 0.6) is 11.5 Å². The van der Waals surface area contributed by atoms with Crippen LogP contribution in [-0.2, 0) is 0 Å². The Morgan fingerprint density at radius 2 is 1.74 bits per heavy atom. The molecule has 1 atom stereocenters. The van der Waals surface area contributed by atoms with Crippen LogP contribution in [0.4, 0.5) is 0 Å². The number of methoxy groups -OCH3 is 1. The van der Waals surface area contributed by atoms with Gasteiger partial charge in [-0.25, -0.2) is 0 Å². The molecule has 3 nitrogen and oxygen atoms in total. The molecule has 108 valence electrons. The average molecular weight is 265 g/mol. The summed E-state index contributed by atoms with van der Waals surface area (Å²) in [5.74, 6) is 3.19. The zero-order chi connectivity index (χ0) is 14.1. The minimum absolute atomic E-state index is 0.684. The van der Waals surface area contributed by atoms with Crippen molar-refractivity contribution >= 4 is 0 Å².